The van der Waals surface area contributed by atoms with Crippen molar-refractivity contribution >= 4 is 0 Å². The van der Waals surface area contributed by atoms with Crippen molar-refractivity contribution in [3.05, 3.63) is 0 Å². The lowest BCUT2D eigenvalue weighted by atomic mass is 9.83. The molecule has 0 aromatic carbocycles. The third-order valence-electron chi connectivity index (χ3n) is 3.73. The molecule has 15 heavy (non-hydrogen) atoms. The fourth-order valence-electron chi connectivity index (χ4n) is 2.34. The van der Waals surface area contributed by atoms with Gasteiger partial charge in [-0.1, -0.05) is 67.2 Å². The van der Waals surface area contributed by atoms with Gasteiger partial charge in [-0.15, -0.1) is 0 Å². The van der Waals surface area contributed by atoms with Crippen LogP contribution in [0, 0.1) is 23.7 Å². The molecule has 0 aromatic heterocycles. The summed E-state index contributed by atoms with van der Waals surface area (Å²) in [7, 11) is 0. The van der Waals surface area contributed by atoms with Crippen molar-refractivity contribution in [3.8, 4) is 0 Å². The van der Waals surface area contributed by atoms with E-state index in [-0.39, 0.29) is 0 Å². The van der Waals surface area contributed by atoms with Crippen LogP contribution >= 0.6 is 0 Å². The average Bonchev–Trinajstić information content (AvgIpc) is 2.15. The van der Waals surface area contributed by atoms with Crippen LogP contribution in [0.1, 0.15) is 73.6 Å². The highest BCUT2D eigenvalue weighted by atomic mass is 14.2. The molecule has 0 saturated carbocycles. The third-order valence-corrected chi connectivity index (χ3v) is 3.73. The van der Waals surface area contributed by atoms with E-state index in [0.717, 1.165) is 23.7 Å². The van der Waals surface area contributed by atoms with Crippen LogP contribution in [0.2, 0.25) is 0 Å². The highest BCUT2D eigenvalue weighted by Crippen LogP contribution is 2.26. The Morgan fingerprint density at radius 1 is 0.733 bits per heavy atom. The van der Waals surface area contributed by atoms with E-state index in [1.807, 2.05) is 0 Å². The fourth-order valence-corrected chi connectivity index (χ4v) is 2.34. The van der Waals surface area contributed by atoms with Crippen molar-refractivity contribution in [2.24, 2.45) is 23.7 Å². The van der Waals surface area contributed by atoms with E-state index in [1.54, 1.807) is 0 Å². The molecule has 0 saturated heterocycles. The molecule has 0 aliphatic rings. The van der Waals surface area contributed by atoms with Gasteiger partial charge in [0, 0.05) is 0 Å². The molecule has 3 atom stereocenters. The number of hydrogen-bond donors (Lipinski definition) is 0. The molecule has 0 aromatic rings. The van der Waals surface area contributed by atoms with Crippen LogP contribution in [0.5, 0.6) is 0 Å². The highest BCUT2D eigenvalue weighted by Gasteiger charge is 2.14. The lowest BCUT2D eigenvalue weighted by molar-refractivity contribution is 0.282. The average molecular weight is 212 g/mol. The molecule has 0 N–H and O–H groups in total. The van der Waals surface area contributed by atoms with E-state index >= 15 is 0 Å². The summed E-state index contributed by atoms with van der Waals surface area (Å²) in [5.74, 6) is 3.61. The Balaban J connectivity index is 3.69. The van der Waals surface area contributed by atoms with Crippen molar-refractivity contribution in [1.82, 2.24) is 0 Å². The van der Waals surface area contributed by atoms with Crippen LogP contribution in [-0.2, 0) is 0 Å². The summed E-state index contributed by atoms with van der Waals surface area (Å²) in [6, 6.07) is 0. The second-order valence-corrected chi connectivity index (χ2v) is 6.06. The van der Waals surface area contributed by atoms with Gasteiger partial charge in [0.25, 0.3) is 0 Å². The summed E-state index contributed by atoms with van der Waals surface area (Å²) in [5.41, 5.74) is 0. The minimum absolute atomic E-state index is 0.871. The summed E-state index contributed by atoms with van der Waals surface area (Å²) in [6.45, 7) is 14.2. The van der Waals surface area contributed by atoms with Gasteiger partial charge in [0.05, 0.1) is 0 Å². The highest BCUT2D eigenvalue weighted by molar-refractivity contribution is 4.66. The van der Waals surface area contributed by atoms with Gasteiger partial charge in [0.2, 0.25) is 0 Å². The second-order valence-electron chi connectivity index (χ2n) is 6.06. The minimum atomic E-state index is 0.871. The summed E-state index contributed by atoms with van der Waals surface area (Å²) in [5, 5.41) is 0. The first-order valence-corrected chi connectivity index (χ1v) is 6.97. The van der Waals surface area contributed by atoms with Gasteiger partial charge in [0.1, 0.15) is 0 Å². The van der Waals surface area contributed by atoms with Gasteiger partial charge in [-0.25, -0.2) is 0 Å². The van der Waals surface area contributed by atoms with Crippen molar-refractivity contribution in [1.29, 1.82) is 0 Å². The Hall–Kier alpha value is 0. The monoisotopic (exact) mass is 212 g/mol. The largest absolute Gasteiger partial charge is 0.0654 e. The molecule has 0 radical (unpaired) electrons. The predicted molar refractivity (Wildman–Crippen MR) is 71.1 cm³/mol. The molecule has 0 spiro atoms. The minimum Gasteiger partial charge on any atom is -0.0654 e. The molecule has 0 heterocycles. The first-order valence-electron chi connectivity index (χ1n) is 6.97. The van der Waals surface area contributed by atoms with E-state index in [4.69, 9.17) is 0 Å². The van der Waals surface area contributed by atoms with Crippen LogP contribution in [0.3, 0.4) is 0 Å². The Morgan fingerprint density at radius 3 is 1.80 bits per heavy atom. The number of hydrogen-bond acceptors (Lipinski definition) is 0. The van der Waals surface area contributed by atoms with E-state index < -0.39 is 0 Å². The molecule has 0 aliphatic heterocycles. The molecule has 0 heteroatoms. The zero-order valence-corrected chi connectivity index (χ0v) is 11.8. The maximum absolute atomic E-state index is 2.44. The van der Waals surface area contributed by atoms with E-state index in [0.29, 0.717) is 0 Å². The Morgan fingerprint density at radius 2 is 1.33 bits per heavy atom. The standard InChI is InChI=1S/C15H32/c1-7-8-14(5)15(6)11-13(4)10-9-12(2)3/h12-15H,7-11H2,1-6H3. The maximum atomic E-state index is 2.44. The quantitative estimate of drug-likeness (QED) is 0.497. The van der Waals surface area contributed by atoms with Gasteiger partial charge >= 0.3 is 0 Å². The lowest BCUT2D eigenvalue weighted by Crippen LogP contribution is -2.12. The first-order chi connectivity index (χ1) is 6.97. The van der Waals surface area contributed by atoms with Gasteiger partial charge in [-0.3, -0.25) is 0 Å². The van der Waals surface area contributed by atoms with E-state index in [1.165, 1.54) is 32.1 Å². The molecule has 3 unspecified atom stereocenters. The SMILES string of the molecule is CCCC(C)C(C)CC(C)CCC(C)C. The maximum Gasteiger partial charge on any atom is -0.0414 e. The van der Waals surface area contributed by atoms with Crippen LogP contribution in [0.4, 0.5) is 0 Å². The van der Waals surface area contributed by atoms with Crippen molar-refractivity contribution in [3.63, 3.8) is 0 Å². The summed E-state index contributed by atoms with van der Waals surface area (Å²) < 4.78 is 0. The Labute approximate surface area is 97.8 Å². The molecule has 0 fully saturated rings. The summed E-state index contributed by atoms with van der Waals surface area (Å²) >= 11 is 0. The van der Waals surface area contributed by atoms with Crippen molar-refractivity contribution < 1.29 is 0 Å². The lowest BCUT2D eigenvalue weighted by Gasteiger charge is -2.23. The number of rotatable bonds is 8. The summed E-state index contributed by atoms with van der Waals surface area (Å²) in [6.07, 6.45) is 6.98. The Kier molecular flexibility index (Phi) is 8.19. The molecule has 0 amide bonds. The predicted octanol–water partition coefficient (Wildman–Crippen LogP) is 5.52. The zero-order valence-electron chi connectivity index (χ0n) is 11.8. The van der Waals surface area contributed by atoms with Crippen molar-refractivity contribution in [2.45, 2.75) is 73.6 Å². The molecule has 92 valence electrons. The normalized spacial score (nSPS) is 17.8. The smallest absolute Gasteiger partial charge is 0.0414 e. The molecule has 0 bridgehead atoms. The Bertz CT molecular complexity index is 137. The first kappa shape index (κ1) is 15.0. The molecular weight excluding hydrogens is 180 g/mol. The van der Waals surface area contributed by atoms with Gasteiger partial charge < -0.3 is 0 Å². The molecular formula is C15H32. The topological polar surface area (TPSA) is 0 Å². The van der Waals surface area contributed by atoms with Crippen LogP contribution in [0.15, 0.2) is 0 Å². The van der Waals surface area contributed by atoms with Crippen LogP contribution in [-0.4, -0.2) is 0 Å². The van der Waals surface area contributed by atoms with Gasteiger partial charge in [0.15, 0.2) is 0 Å². The van der Waals surface area contributed by atoms with Crippen molar-refractivity contribution in [2.75, 3.05) is 0 Å². The van der Waals surface area contributed by atoms with Crippen LogP contribution in [0.25, 0.3) is 0 Å². The van der Waals surface area contributed by atoms with Gasteiger partial charge in [-0.05, 0) is 30.1 Å². The fraction of sp³-hybridized carbons (Fsp3) is 1.00. The summed E-state index contributed by atoms with van der Waals surface area (Å²) in [4.78, 5) is 0. The van der Waals surface area contributed by atoms with Crippen LogP contribution < -0.4 is 0 Å². The molecule has 0 aliphatic carbocycles. The second kappa shape index (κ2) is 8.19. The van der Waals surface area contributed by atoms with E-state index in [9.17, 15) is 0 Å². The van der Waals surface area contributed by atoms with Gasteiger partial charge in [-0.2, -0.15) is 0 Å². The molecule has 0 rings (SSSR count). The zero-order chi connectivity index (χ0) is 11.8. The third kappa shape index (κ3) is 7.88. The van der Waals surface area contributed by atoms with E-state index in [2.05, 4.69) is 41.5 Å². The molecule has 0 nitrogen and oxygen atoms in total.